The van der Waals surface area contributed by atoms with Crippen molar-refractivity contribution in [2.45, 2.75) is 19.5 Å². The Hall–Kier alpha value is -0.220. The van der Waals surface area contributed by atoms with Gasteiger partial charge in [0, 0.05) is 6.54 Å². The standard InChI is InChI=1S/C6H13F2NO/c1-5(10)3-9(2)4-6(7)8/h5-6,10H,3-4H2,1-2H3. The van der Waals surface area contributed by atoms with Gasteiger partial charge in [-0.05, 0) is 14.0 Å². The molecule has 1 N–H and O–H groups in total. The number of rotatable bonds is 4. The van der Waals surface area contributed by atoms with Crippen LogP contribution in [0.5, 0.6) is 0 Å². The average molecular weight is 153 g/mol. The first-order valence-corrected chi connectivity index (χ1v) is 3.17. The maximum absolute atomic E-state index is 11.6. The van der Waals surface area contributed by atoms with Gasteiger partial charge in [-0.3, -0.25) is 4.90 Å². The molecule has 4 heteroatoms. The Labute approximate surface area is 59.4 Å². The number of likely N-dealkylation sites (N-methyl/N-ethyl adjacent to an activating group) is 1. The van der Waals surface area contributed by atoms with Crippen LogP contribution in [0, 0.1) is 0 Å². The second-order valence-corrected chi connectivity index (χ2v) is 2.46. The maximum Gasteiger partial charge on any atom is 0.251 e. The van der Waals surface area contributed by atoms with Crippen molar-refractivity contribution in [3.8, 4) is 0 Å². The van der Waals surface area contributed by atoms with Gasteiger partial charge in [0.1, 0.15) is 0 Å². The molecule has 2 nitrogen and oxygen atoms in total. The quantitative estimate of drug-likeness (QED) is 0.638. The molecule has 0 aliphatic heterocycles. The van der Waals surface area contributed by atoms with E-state index in [1.54, 1.807) is 14.0 Å². The molecule has 0 heterocycles. The zero-order valence-corrected chi connectivity index (χ0v) is 6.22. The van der Waals surface area contributed by atoms with E-state index >= 15 is 0 Å². The summed E-state index contributed by atoms with van der Waals surface area (Å²) in [5.41, 5.74) is 0. The molecule has 10 heavy (non-hydrogen) atoms. The minimum Gasteiger partial charge on any atom is -0.392 e. The van der Waals surface area contributed by atoms with Crippen molar-refractivity contribution in [3.05, 3.63) is 0 Å². The van der Waals surface area contributed by atoms with Gasteiger partial charge in [0.2, 0.25) is 0 Å². The third kappa shape index (κ3) is 5.91. The van der Waals surface area contributed by atoms with Crippen LogP contribution in [0.15, 0.2) is 0 Å². The second kappa shape index (κ2) is 4.57. The fourth-order valence-corrected chi connectivity index (χ4v) is 0.761. The van der Waals surface area contributed by atoms with Crippen molar-refractivity contribution < 1.29 is 13.9 Å². The summed E-state index contributed by atoms with van der Waals surface area (Å²) < 4.78 is 23.2. The number of hydrogen-bond acceptors (Lipinski definition) is 2. The predicted octanol–water partition coefficient (Wildman–Crippen LogP) is 0.564. The van der Waals surface area contributed by atoms with Crippen LogP contribution in [0.4, 0.5) is 8.78 Å². The van der Waals surface area contributed by atoms with Gasteiger partial charge in [-0.15, -0.1) is 0 Å². The van der Waals surface area contributed by atoms with Gasteiger partial charge in [-0.1, -0.05) is 0 Å². The highest BCUT2D eigenvalue weighted by atomic mass is 19.3. The summed E-state index contributed by atoms with van der Waals surface area (Å²) in [6, 6.07) is 0. The van der Waals surface area contributed by atoms with E-state index in [1.165, 1.54) is 4.90 Å². The molecule has 1 unspecified atom stereocenters. The van der Waals surface area contributed by atoms with Crippen LogP contribution in [-0.4, -0.2) is 42.7 Å². The van der Waals surface area contributed by atoms with Crippen LogP contribution in [0.3, 0.4) is 0 Å². The molecule has 0 rings (SSSR count). The largest absolute Gasteiger partial charge is 0.392 e. The number of halogens is 2. The van der Waals surface area contributed by atoms with Crippen LogP contribution < -0.4 is 0 Å². The van der Waals surface area contributed by atoms with E-state index < -0.39 is 12.5 Å². The number of hydrogen-bond donors (Lipinski definition) is 1. The summed E-state index contributed by atoms with van der Waals surface area (Å²) in [5.74, 6) is 0. The van der Waals surface area contributed by atoms with Crippen molar-refractivity contribution in [2.75, 3.05) is 20.1 Å². The number of aliphatic hydroxyl groups is 1. The first-order chi connectivity index (χ1) is 4.52. The summed E-state index contributed by atoms with van der Waals surface area (Å²) in [6.07, 6.45) is -2.85. The van der Waals surface area contributed by atoms with Gasteiger partial charge in [-0.2, -0.15) is 0 Å². The molecular formula is C6H13F2NO. The van der Waals surface area contributed by atoms with Gasteiger partial charge in [-0.25, -0.2) is 8.78 Å². The Kier molecular flexibility index (Phi) is 4.47. The minimum absolute atomic E-state index is 0.273. The topological polar surface area (TPSA) is 23.5 Å². The first-order valence-electron chi connectivity index (χ1n) is 3.17. The molecule has 0 bridgehead atoms. The SMILES string of the molecule is CC(O)CN(C)CC(F)F. The van der Waals surface area contributed by atoms with Gasteiger partial charge in [0.15, 0.2) is 0 Å². The van der Waals surface area contributed by atoms with Gasteiger partial charge >= 0.3 is 0 Å². The monoisotopic (exact) mass is 153 g/mol. The van der Waals surface area contributed by atoms with E-state index in [0.717, 1.165) is 0 Å². The van der Waals surface area contributed by atoms with Crippen LogP contribution in [0.1, 0.15) is 6.92 Å². The van der Waals surface area contributed by atoms with Crippen LogP contribution in [-0.2, 0) is 0 Å². The molecule has 0 aromatic rings. The maximum atomic E-state index is 11.6. The van der Waals surface area contributed by atoms with Crippen molar-refractivity contribution in [1.29, 1.82) is 0 Å². The van der Waals surface area contributed by atoms with E-state index in [4.69, 9.17) is 5.11 Å². The highest BCUT2D eigenvalue weighted by Gasteiger charge is 2.08. The lowest BCUT2D eigenvalue weighted by Crippen LogP contribution is -2.31. The Morgan fingerprint density at radius 3 is 2.20 bits per heavy atom. The minimum atomic E-state index is -2.32. The molecular weight excluding hydrogens is 140 g/mol. The Morgan fingerprint density at radius 2 is 1.90 bits per heavy atom. The molecule has 0 spiro atoms. The van der Waals surface area contributed by atoms with Crippen LogP contribution >= 0.6 is 0 Å². The lowest BCUT2D eigenvalue weighted by atomic mass is 10.4. The van der Waals surface area contributed by atoms with Gasteiger partial charge in [0.25, 0.3) is 6.43 Å². The Morgan fingerprint density at radius 1 is 1.40 bits per heavy atom. The van der Waals surface area contributed by atoms with Gasteiger partial charge in [0.05, 0.1) is 12.6 Å². The lowest BCUT2D eigenvalue weighted by Gasteiger charge is -2.16. The normalized spacial score (nSPS) is 14.7. The van der Waals surface area contributed by atoms with E-state index in [0.29, 0.717) is 6.54 Å². The summed E-state index contributed by atoms with van der Waals surface area (Å²) in [4.78, 5) is 1.40. The van der Waals surface area contributed by atoms with E-state index in [1.807, 2.05) is 0 Å². The van der Waals surface area contributed by atoms with Crippen molar-refractivity contribution in [2.24, 2.45) is 0 Å². The third-order valence-electron chi connectivity index (χ3n) is 1.03. The summed E-state index contributed by atoms with van der Waals surface area (Å²) in [7, 11) is 1.55. The van der Waals surface area contributed by atoms with E-state index in [-0.39, 0.29) is 6.54 Å². The Bertz CT molecular complexity index is 77.8. The molecule has 0 radical (unpaired) electrons. The summed E-state index contributed by atoms with van der Waals surface area (Å²) in [6.45, 7) is 1.59. The zero-order chi connectivity index (χ0) is 8.15. The lowest BCUT2D eigenvalue weighted by molar-refractivity contribution is 0.0737. The molecule has 0 aromatic carbocycles. The van der Waals surface area contributed by atoms with Crippen LogP contribution in [0.25, 0.3) is 0 Å². The molecule has 0 aliphatic rings. The molecule has 1 atom stereocenters. The van der Waals surface area contributed by atoms with Crippen molar-refractivity contribution in [3.63, 3.8) is 0 Å². The average Bonchev–Trinajstić information content (AvgIpc) is 1.58. The molecule has 0 amide bonds. The van der Waals surface area contributed by atoms with Crippen molar-refractivity contribution >= 4 is 0 Å². The fourth-order valence-electron chi connectivity index (χ4n) is 0.761. The predicted molar refractivity (Wildman–Crippen MR) is 35.2 cm³/mol. The molecule has 0 saturated carbocycles. The van der Waals surface area contributed by atoms with Gasteiger partial charge < -0.3 is 5.11 Å². The van der Waals surface area contributed by atoms with Crippen molar-refractivity contribution in [1.82, 2.24) is 4.90 Å². The fraction of sp³-hybridized carbons (Fsp3) is 1.00. The molecule has 0 saturated heterocycles. The number of nitrogens with zero attached hydrogens (tertiary/aromatic N) is 1. The second-order valence-electron chi connectivity index (χ2n) is 2.46. The third-order valence-corrected chi connectivity index (χ3v) is 1.03. The van der Waals surface area contributed by atoms with E-state index in [9.17, 15) is 8.78 Å². The summed E-state index contributed by atoms with van der Waals surface area (Å²) in [5, 5.41) is 8.75. The zero-order valence-electron chi connectivity index (χ0n) is 6.22. The van der Waals surface area contributed by atoms with E-state index in [2.05, 4.69) is 0 Å². The Balaban J connectivity index is 3.34. The first kappa shape index (κ1) is 9.78. The number of aliphatic hydroxyl groups excluding tert-OH is 1. The molecule has 62 valence electrons. The molecule has 0 aliphatic carbocycles. The molecule has 0 aromatic heterocycles. The summed E-state index contributed by atoms with van der Waals surface area (Å²) >= 11 is 0. The smallest absolute Gasteiger partial charge is 0.251 e. The molecule has 0 fully saturated rings. The van der Waals surface area contributed by atoms with Crippen LogP contribution in [0.2, 0.25) is 0 Å². The highest BCUT2D eigenvalue weighted by Crippen LogP contribution is 1.96. The highest BCUT2D eigenvalue weighted by molar-refractivity contribution is 4.56. The number of alkyl halides is 2.